The fraction of sp³-hybridized carbons (Fsp3) is 0.533. The SMILES string of the molecule is CC(=O)N1CCN(C(=O)c2cccn(C)c2=O)C2CS(=O)(=O)CC21. The van der Waals surface area contributed by atoms with Gasteiger partial charge in [-0.3, -0.25) is 14.4 Å². The molecule has 24 heavy (non-hydrogen) atoms. The highest BCUT2D eigenvalue weighted by molar-refractivity contribution is 7.91. The molecule has 2 unspecified atom stereocenters. The lowest BCUT2D eigenvalue weighted by molar-refractivity contribution is -0.133. The first-order valence-corrected chi connectivity index (χ1v) is 9.47. The molecule has 3 heterocycles. The number of carbonyl (C=O) groups is 2. The van der Waals surface area contributed by atoms with Gasteiger partial charge in [-0.1, -0.05) is 0 Å². The van der Waals surface area contributed by atoms with Gasteiger partial charge in [-0.15, -0.1) is 0 Å². The van der Waals surface area contributed by atoms with Gasteiger partial charge < -0.3 is 14.4 Å². The predicted molar refractivity (Wildman–Crippen MR) is 86.3 cm³/mol. The second kappa shape index (κ2) is 5.73. The van der Waals surface area contributed by atoms with E-state index in [0.717, 1.165) is 0 Å². The Morgan fingerprint density at radius 2 is 1.71 bits per heavy atom. The minimum Gasteiger partial charge on any atom is -0.335 e. The maximum Gasteiger partial charge on any atom is 0.263 e. The van der Waals surface area contributed by atoms with Crippen LogP contribution in [-0.2, 0) is 21.7 Å². The van der Waals surface area contributed by atoms with Gasteiger partial charge in [0.2, 0.25) is 5.91 Å². The lowest BCUT2D eigenvalue weighted by Crippen LogP contribution is -2.62. The Kier molecular flexibility index (Phi) is 3.98. The molecular formula is C15H19N3O5S. The van der Waals surface area contributed by atoms with Crippen molar-refractivity contribution < 1.29 is 18.0 Å². The van der Waals surface area contributed by atoms with Crippen molar-refractivity contribution in [1.29, 1.82) is 0 Å². The van der Waals surface area contributed by atoms with Crippen LogP contribution in [0.4, 0.5) is 0 Å². The molecule has 2 aliphatic rings. The average Bonchev–Trinajstić information content (AvgIpc) is 2.82. The second-order valence-electron chi connectivity index (χ2n) is 6.26. The third kappa shape index (κ3) is 2.72. The number of aromatic nitrogens is 1. The Morgan fingerprint density at radius 3 is 2.33 bits per heavy atom. The van der Waals surface area contributed by atoms with Crippen LogP contribution in [0, 0.1) is 0 Å². The smallest absolute Gasteiger partial charge is 0.263 e. The lowest BCUT2D eigenvalue weighted by Gasteiger charge is -2.43. The Bertz CT molecular complexity index is 860. The van der Waals surface area contributed by atoms with E-state index >= 15 is 0 Å². The molecule has 3 rings (SSSR count). The van der Waals surface area contributed by atoms with E-state index in [1.165, 1.54) is 27.4 Å². The molecule has 0 radical (unpaired) electrons. The van der Waals surface area contributed by atoms with E-state index < -0.39 is 33.4 Å². The highest BCUT2D eigenvalue weighted by Gasteiger charge is 2.49. The molecule has 0 saturated carbocycles. The first kappa shape index (κ1) is 16.7. The summed E-state index contributed by atoms with van der Waals surface area (Å²) in [6.45, 7) is 1.88. The maximum atomic E-state index is 12.8. The van der Waals surface area contributed by atoms with Gasteiger partial charge in [0, 0.05) is 33.3 Å². The molecule has 2 aliphatic heterocycles. The number of hydrogen-bond donors (Lipinski definition) is 0. The van der Waals surface area contributed by atoms with Crippen molar-refractivity contribution in [2.75, 3.05) is 24.6 Å². The molecule has 0 aliphatic carbocycles. The fourth-order valence-electron chi connectivity index (χ4n) is 3.51. The number of piperazine rings is 1. The van der Waals surface area contributed by atoms with Gasteiger partial charge in [0.15, 0.2) is 9.84 Å². The molecule has 8 nitrogen and oxygen atoms in total. The Balaban J connectivity index is 1.97. The first-order valence-electron chi connectivity index (χ1n) is 7.65. The monoisotopic (exact) mass is 353 g/mol. The van der Waals surface area contributed by atoms with E-state index in [1.54, 1.807) is 19.3 Å². The predicted octanol–water partition coefficient (Wildman–Crippen LogP) is -1.14. The van der Waals surface area contributed by atoms with Gasteiger partial charge in [-0.25, -0.2) is 8.42 Å². The molecule has 2 saturated heterocycles. The zero-order valence-corrected chi connectivity index (χ0v) is 14.3. The molecule has 0 bridgehead atoms. The van der Waals surface area contributed by atoms with E-state index in [2.05, 4.69) is 0 Å². The summed E-state index contributed by atoms with van der Waals surface area (Å²) in [7, 11) is -1.78. The summed E-state index contributed by atoms with van der Waals surface area (Å²) in [5.74, 6) is -1.01. The van der Waals surface area contributed by atoms with E-state index in [4.69, 9.17) is 0 Å². The number of carbonyl (C=O) groups excluding carboxylic acids is 2. The number of hydrogen-bond acceptors (Lipinski definition) is 5. The van der Waals surface area contributed by atoms with E-state index in [1.807, 2.05) is 0 Å². The van der Waals surface area contributed by atoms with E-state index in [9.17, 15) is 22.8 Å². The summed E-state index contributed by atoms with van der Waals surface area (Å²) in [6, 6.07) is 1.90. The number of rotatable bonds is 1. The van der Waals surface area contributed by atoms with E-state index in [0.29, 0.717) is 0 Å². The highest BCUT2D eigenvalue weighted by atomic mass is 32.2. The normalized spacial score (nSPS) is 25.4. The van der Waals surface area contributed by atoms with Crippen LogP contribution < -0.4 is 5.56 Å². The largest absolute Gasteiger partial charge is 0.335 e. The van der Waals surface area contributed by atoms with Crippen molar-refractivity contribution in [1.82, 2.24) is 14.4 Å². The van der Waals surface area contributed by atoms with Gasteiger partial charge in [0.05, 0.1) is 23.6 Å². The van der Waals surface area contributed by atoms with Gasteiger partial charge in [-0.05, 0) is 12.1 Å². The minimum absolute atomic E-state index is 0.0133. The fourth-order valence-corrected chi connectivity index (χ4v) is 5.49. The maximum absolute atomic E-state index is 12.8. The molecule has 2 amide bonds. The molecular weight excluding hydrogens is 334 g/mol. The quantitative estimate of drug-likeness (QED) is 0.635. The van der Waals surface area contributed by atoms with Crippen molar-refractivity contribution in [3.8, 4) is 0 Å². The Morgan fingerprint density at radius 1 is 1.12 bits per heavy atom. The van der Waals surface area contributed by atoms with Crippen molar-refractivity contribution >= 4 is 21.7 Å². The number of nitrogens with zero attached hydrogens (tertiary/aromatic N) is 3. The second-order valence-corrected chi connectivity index (χ2v) is 8.41. The minimum atomic E-state index is -3.33. The topological polar surface area (TPSA) is 96.8 Å². The molecule has 2 fully saturated rings. The summed E-state index contributed by atoms with van der Waals surface area (Å²) in [5.41, 5.74) is -0.409. The summed E-state index contributed by atoms with van der Waals surface area (Å²) in [5, 5.41) is 0. The number of sulfone groups is 1. The van der Waals surface area contributed by atoms with Crippen molar-refractivity contribution in [2.24, 2.45) is 7.05 Å². The molecule has 9 heteroatoms. The lowest BCUT2D eigenvalue weighted by atomic mass is 10.0. The summed E-state index contributed by atoms with van der Waals surface area (Å²) < 4.78 is 25.4. The van der Waals surface area contributed by atoms with Crippen molar-refractivity contribution in [3.63, 3.8) is 0 Å². The third-order valence-corrected chi connectivity index (χ3v) is 6.39. The summed E-state index contributed by atoms with van der Waals surface area (Å²) in [6.07, 6.45) is 1.55. The third-order valence-electron chi connectivity index (χ3n) is 4.70. The Labute approximate surface area is 139 Å². The van der Waals surface area contributed by atoms with Crippen LogP contribution in [0.1, 0.15) is 17.3 Å². The average molecular weight is 353 g/mol. The van der Waals surface area contributed by atoms with E-state index in [-0.39, 0.29) is 36.1 Å². The molecule has 0 aromatic carbocycles. The van der Waals surface area contributed by atoms with Gasteiger partial charge in [0.25, 0.3) is 11.5 Å². The Hall–Kier alpha value is -2.16. The molecule has 130 valence electrons. The molecule has 0 spiro atoms. The van der Waals surface area contributed by atoms with Crippen LogP contribution in [0.3, 0.4) is 0 Å². The molecule has 0 N–H and O–H groups in total. The zero-order chi connectivity index (χ0) is 17.6. The first-order chi connectivity index (χ1) is 11.2. The van der Waals surface area contributed by atoms with Crippen LogP contribution >= 0.6 is 0 Å². The van der Waals surface area contributed by atoms with Crippen LogP contribution in [0.15, 0.2) is 23.1 Å². The van der Waals surface area contributed by atoms with Crippen molar-refractivity contribution in [3.05, 3.63) is 34.2 Å². The van der Waals surface area contributed by atoms with Gasteiger partial charge >= 0.3 is 0 Å². The summed E-state index contributed by atoms with van der Waals surface area (Å²) in [4.78, 5) is 39.7. The molecule has 2 atom stereocenters. The van der Waals surface area contributed by atoms with Gasteiger partial charge in [0.1, 0.15) is 5.56 Å². The zero-order valence-electron chi connectivity index (χ0n) is 13.5. The van der Waals surface area contributed by atoms with Crippen LogP contribution in [0.2, 0.25) is 0 Å². The highest BCUT2D eigenvalue weighted by Crippen LogP contribution is 2.27. The van der Waals surface area contributed by atoms with Crippen LogP contribution in [0.25, 0.3) is 0 Å². The number of amides is 2. The number of fused-ring (bicyclic) bond motifs is 1. The van der Waals surface area contributed by atoms with Crippen LogP contribution in [0.5, 0.6) is 0 Å². The van der Waals surface area contributed by atoms with Gasteiger partial charge in [-0.2, -0.15) is 0 Å². The van der Waals surface area contributed by atoms with Crippen molar-refractivity contribution in [2.45, 2.75) is 19.0 Å². The number of aryl methyl sites for hydroxylation is 1. The standard InChI is InChI=1S/C15H19N3O5S/c1-10(19)17-6-7-18(13-9-24(22,23)8-12(13)17)15(21)11-4-3-5-16(2)14(11)20/h3-5,12-13H,6-9H2,1-2H3. The summed E-state index contributed by atoms with van der Waals surface area (Å²) >= 11 is 0. The molecule has 1 aromatic heterocycles. The van der Waals surface area contributed by atoms with Crippen LogP contribution in [-0.4, -0.2) is 71.3 Å². The number of pyridine rings is 1. The molecule has 1 aromatic rings.